The highest BCUT2D eigenvalue weighted by molar-refractivity contribution is 6.21. The molecule has 142 valence electrons. The van der Waals surface area contributed by atoms with Crippen molar-refractivity contribution in [2.45, 2.75) is 39.0 Å². The third kappa shape index (κ3) is 4.21. The Morgan fingerprint density at radius 3 is 1.96 bits per heavy atom. The molecule has 1 heterocycles. The molecule has 4 heteroatoms. The Hall–Kier alpha value is -2.62. The number of fused-ring (bicyclic) bond motifs is 1. The van der Waals surface area contributed by atoms with Crippen LogP contribution in [-0.4, -0.2) is 30.4 Å². The first-order valence-electron chi connectivity index (χ1n) is 9.60. The molecule has 0 radical (unpaired) electrons. The highest BCUT2D eigenvalue weighted by Crippen LogP contribution is 2.30. The van der Waals surface area contributed by atoms with Crippen molar-refractivity contribution in [1.82, 2.24) is 4.90 Å². The number of carbonyl (C=O) groups excluding carboxylic acids is 2. The van der Waals surface area contributed by atoms with Gasteiger partial charge in [0.05, 0.1) is 18.2 Å². The van der Waals surface area contributed by atoms with Gasteiger partial charge in [-0.25, -0.2) is 0 Å². The van der Waals surface area contributed by atoms with Crippen LogP contribution in [0.2, 0.25) is 0 Å². The molecule has 3 rings (SSSR count). The van der Waals surface area contributed by atoms with E-state index in [0.29, 0.717) is 29.5 Å². The molecule has 1 aliphatic rings. The fraction of sp³-hybridized carbons (Fsp3) is 0.391. The lowest BCUT2D eigenvalue weighted by molar-refractivity contribution is 0.0649. The maximum atomic E-state index is 12.6. The first-order valence-corrected chi connectivity index (χ1v) is 9.60. The molecular formula is C23H27NO3. The van der Waals surface area contributed by atoms with E-state index < -0.39 is 0 Å². The Morgan fingerprint density at radius 1 is 0.852 bits per heavy atom. The summed E-state index contributed by atoms with van der Waals surface area (Å²) >= 11 is 0. The molecule has 0 spiro atoms. The molecule has 1 aliphatic heterocycles. The van der Waals surface area contributed by atoms with Crippen LogP contribution in [0.3, 0.4) is 0 Å². The van der Waals surface area contributed by atoms with Crippen molar-refractivity contribution in [3.8, 4) is 5.75 Å². The van der Waals surface area contributed by atoms with E-state index in [1.54, 1.807) is 31.4 Å². The molecule has 1 unspecified atom stereocenters. The molecule has 1 atom stereocenters. The Balaban J connectivity index is 1.72. The monoisotopic (exact) mass is 365 g/mol. The van der Waals surface area contributed by atoms with Crippen LogP contribution in [0.5, 0.6) is 5.75 Å². The first kappa shape index (κ1) is 19.2. The molecule has 0 aromatic heterocycles. The molecule has 2 aromatic carbocycles. The van der Waals surface area contributed by atoms with Crippen LogP contribution < -0.4 is 4.74 Å². The maximum absolute atomic E-state index is 12.6. The van der Waals surface area contributed by atoms with Gasteiger partial charge >= 0.3 is 0 Å². The fourth-order valence-electron chi connectivity index (χ4n) is 3.62. The van der Waals surface area contributed by atoms with Gasteiger partial charge in [-0.15, -0.1) is 0 Å². The van der Waals surface area contributed by atoms with Gasteiger partial charge in [0.15, 0.2) is 0 Å². The number of nitrogens with zero attached hydrogens (tertiary/aromatic N) is 1. The summed E-state index contributed by atoms with van der Waals surface area (Å²) < 4.78 is 5.25. The molecule has 0 saturated heterocycles. The molecule has 2 amide bonds. The van der Waals surface area contributed by atoms with Crippen molar-refractivity contribution in [3.63, 3.8) is 0 Å². The summed E-state index contributed by atoms with van der Waals surface area (Å²) in [4.78, 5) is 26.6. The minimum absolute atomic E-state index is 0.173. The van der Waals surface area contributed by atoms with E-state index in [1.165, 1.54) is 10.5 Å². The van der Waals surface area contributed by atoms with Crippen molar-refractivity contribution < 1.29 is 14.3 Å². The van der Waals surface area contributed by atoms with E-state index >= 15 is 0 Å². The molecule has 4 nitrogen and oxygen atoms in total. The van der Waals surface area contributed by atoms with Gasteiger partial charge in [-0.3, -0.25) is 14.5 Å². The number of carbonyl (C=O) groups is 2. The normalized spacial score (nSPS) is 14.6. The first-order chi connectivity index (χ1) is 13.0. The van der Waals surface area contributed by atoms with Crippen LogP contribution in [0.4, 0.5) is 0 Å². The summed E-state index contributed by atoms with van der Waals surface area (Å²) in [6.07, 6.45) is 2.91. The SMILES string of the molecule is COc1ccc(C(CCC(C)C)CCN2C(=O)c3ccccc3C2=O)cc1. The molecule has 27 heavy (non-hydrogen) atoms. The van der Waals surface area contributed by atoms with Gasteiger partial charge in [-0.1, -0.05) is 44.5 Å². The van der Waals surface area contributed by atoms with Crippen LogP contribution in [0, 0.1) is 5.92 Å². The smallest absolute Gasteiger partial charge is 0.261 e. The van der Waals surface area contributed by atoms with E-state index in [4.69, 9.17) is 4.74 Å². The van der Waals surface area contributed by atoms with Crippen molar-refractivity contribution in [3.05, 3.63) is 65.2 Å². The number of benzene rings is 2. The minimum Gasteiger partial charge on any atom is -0.497 e. The molecule has 0 fully saturated rings. The Labute approximate surface area is 161 Å². The van der Waals surface area contributed by atoms with Gasteiger partial charge in [0, 0.05) is 6.54 Å². The van der Waals surface area contributed by atoms with E-state index in [1.807, 2.05) is 12.1 Å². The second-order valence-corrected chi connectivity index (χ2v) is 7.54. The van der Waals surface area contributed by atoms with Crippen LogP contribution in [0.25, 0.3) is 0 Å². The fourth-order valence-corrected chi connectivity index (χ4v) is 3.62. The second kappa shape index (κ2) is 8.38. The third-order valence-corrected chi connectivity index (χ3v) is 5.26. The summed E-state index contributed by atoms with van der Waals surface area (Å²) in [6, 6.07) is 15.2. The molecular weight excluding hydrogens is 338 g/mol. The number of hydrogen-bond acceptors (Lipinski definition) is 3. The molecule has 0 N–H and O–H groups in total. The van der Waals surface area contributed by atoms with Crippen LogP contribution in [0.1, 0.15) is 65.3 Å². The third-order valence-electron chi connectivity index (χ3n) is 5.26. The number of imide groups is 1. The van der Waals surface area contributed by atoms with Crippen molar-refractivity contribution in [2.75, 3.05) is 13.7 Å². The van der Waals surface area contributed by atoms with E-state index in [9.17, 15) is 9.59 Å². The summed E-state index contributed by atoms with van der Waals surface area (Å²) in [6.45, 7) is 4.88. The van der Waals surface area contributed by atoms with Crippen molar-refractivity contribution in [1.29, 1.82) is 0 Å². The summed E-state index contributed by atoms with van der Waals surface area (Å²) in [5, 5.41) is 0. The number of methoxy groups -OCH3 is 1. The zero-order valence-electron chi connectivity index (χ0n) is 16.3. The van der Waals surface area contributed by atoms with Gasteiger partial charge in [0.1, 0.15) is 5.75 Å². The zero-order valence-corrected chi connectivity index (χ0v) is 16.3. The maximum Gasteiger partial charge on any atom is 0.261 e. The van der Waals surface area contributed by atoms with E-state index in [-0.39, 0.29) is 11.8 Å². The summed E-state index contributed by atoms with van der Waals surface area (Å²) in [5.74, 6) is 1.41. The van der Waals surface area contributed by atoms with Crippen molar-refractivity contribution in [2.24, 2.45) is 5.92 Å². The quantitative estimate of drug-likeness (QED) is 0.625. The Morgan fingerprint density at radius 2 is 1.44 bits per heavy atom. The average molecular weight is 365 g/mol. The number of rotatable bonds is 8. The van der Waals surface area contributed by atoms with Crippen LogP contribution >= 0.6 is 0 Å². The molecule has 0 aliphatic carbocycles. The van der Waals surface area contributed by atoms with Crippen LogP contribution in [-0.2, 0) is 0 Å². The Kier molecular flexibility index (Phi) is 5.94. The Bertz CT molecular complexity index is 776. The molecule has 2 aromatic rings. The number of hydrogen-bond donors (Lipinski definition) is 0. The lowest BCUT2D eigenvalue weighted by atomic mass is 9.88. The highest BCUT2D eigenvalue weighted by atomic mass is 16.5. The van der Waals surface area contributed by atoms with Gasteiger partial charge in [0.25, 0.3) is 11.8 Å². The van der Waals surface area contributed by atoms with E-state index in [2.05, 4.69) is 26.0 Å². The minimum atomic E-state index is -0.173. The zero-order chi connectivity index (χ0) is 19.4. The lowest BCUT2D eigenvalue weighted by Gasteiger charge is -2.22. The summed E-state index contributed by atoms with van der Waals surface area (Å²) in [7, 11) is 1.66. The standard InChI is InChI=1S/C23H27NO3/c1-16(2)8-9-18(17-10-12-19(27-3)13-11-17)14-15-24-22(25)20-6-4-5-7-21(20)23(24)26/h4-7,10-13,16,18H,8-9,14-15H2,1-3H3. The number of amides is 2. The average Bonchev–Trinajstić information content (AvgIpc) is 2.93. The highest BCUT2D eigenvalue weighted by Gasteiger charge is 2.35. The van der Waals surface area contributed by atoms with Crippen LogP contribution in [0.15, 0.2) is 48.5 Å². The topological polar surface area (TPSA) is 46.6 Å². The van der Waals surface area contributed by atoms with Gasteiger partial charge < -0.3 is 4.74 Å². The van der Waals surface area contributed by atoms with Gasteiger partial charge in [0.2, 0.25) is 0 Å². The predicted octanol–water partition coefficient (Wildman–Crippen LogP) is 4.90. The van der Waals surface area contributed by atoms with Gasteiger partial charge in [-0.05, 0) is 54.5 Å². The largest absolute Gasteiger partial charge is 0.497 e. The van der Waals surface area contributed by atoms with Crippen molar-refractivity contribution >= 4 is 11.8 Å². The second-order valence-electron chi connectivity index (χ2n) is 7.54. The molecule has 0 saturated carbocycles. The van der Waals surface area contributed by atoms with Gasteiger partial charge in [-0.2, -0.15) is 0 Å². The number of ether oxygens (including phenoxy) is 1. The molecule has 0 bridgehead atoms. The predicted molar refractivity (Wildman–Crippen MR) is 106 cm³/mol. The van der Waals surface area contributed by atoms with E-state index in [0.717, 1.165) is 25.0 Å². The lowest BCUT2D eigenvalue weighted by Crippen LogP contribution is -2.31. The summed E-state index contributed by atoms with van der Waals surface area (Å²) in [5.41, 5.74) is 2.27.